The first kappa shape index (κ1) is 35.3. The number of rotatable bonds is 14. The van der Waals surface area contributed by atoms with Gasteiger partial charge < -0.3 is 13.9 Å². The maximum absolute atomic E-state index is 13.0. The zero-order valence-corrected chi connectivity index (χ0v) is 29.6. The van der Waals surface area contributed by atoms with Gasteiger partial charge in [0, 0.05) is 35.4 Å². The van der Waals surface area contributed by atoms with E-state index >= 15 is 0 Å². The topological polar surface area (TPSA) is 123 Å². The Morgan fingerprint density at radius 1 is 1.16 bits per heavy atom. The number of nitrogens with zero attached hydrogens (tertiary/aromatic N) is 3. The molecule has 1 amide bonds. The zero-order valence-electron chi connectivity index (χ0n) is 26.2. The van der Waals surface area contributed by atoms with E-state index in [-0.39, 0.29) is 42.3 Å². The molecule has 2 fully saturated rings. The van der Waals surface area contributed by atoms with Crippen LogP contribution >= 0.6 is 33.3 Å². The molecular formula is C29H44N4O7S3Si. The molecule has 4 heterocycles. The Bertz CT molecular complexity index is 1260. The standard InChI is InChI=1S/C29H44N4O7S3Si/c1-19(2)42-21(5)10-11-22(6)44(20(3)4)39-23-17-27(38-24(23)18-37-40-44)33-14-12-25(31-28(33)34)32-29(35)36-15-16-41-43-26-9-7-8-13-30-26/h7-9,12-14,19-24,27H,10-11,15-18H2,1-6H3,(H,31,32,34,35). The molecule has 0 spiro atoms. The van der Waals surface area contributed by atoms with Crippen LogP contribution in [0.5, 0.6) is 0 Å². The Kier molecular flexibility index (Phi) is 13.5. The lowest BCUT2D eigenvalue weighted by Gasteiger charge is -2.38. The van der Waals surface area contributed by atoms with Crippen LogP contribution in [-0.2, 0) is 23.4 Å². The number of nitrogens with one attached hydrogen (secondary N) is 1. The van der Waals surface area contributed by atoms with Crippen molar-refractivity contribution in [3.8, 4) is 0 Å². The highest BCUT2D eigenvalue weighted by atomic mass is 33.1. The van der Waals surface area contributed by atoms with Gasteiger partial charge in [0.1, 0.15) is 36.4 Å². The van der Waals surface area contributed by atoms with E-state index in [0.717, 1.165) is 17.9 Å². The van der Waals surface area contributed by atoms with Gasteiger partial charge in [0.2, 0.25) is 0 Å². The number of hydrogen-bond acceptors (Lipinski definition) is 12. The zero-order chi connectivity index (χ0) is 31.7. The highest BCUT2D eigenvalue weighted by Gasteiger charge is 2.55. The Labute approximate surface area is 272 Å². The van der Waals surface area contributed by atoms with Gasteiger partial charge in [-0.2, -0.15) is 16.7 Å². The molecule has 2 aliphatic rings. The predicted octanol–water partition coefficient (Wildman–Crippen LogP) is 6.81. The first-order valence-corrected chi connectivity index (χ1v) is 20.3. The smallest absolute Gasteiger partial charge is 0.412 e. The van der Waals surface area contributed by atoms with Crippen molar-refractivity contribution in [1.82, 2.24) is 14.5 Å². The van der Waals surface area contributed by atoms with Crippen LogP contribution in [0.25, 0.3) is 0 Å². The van der Waals surface area contributed by atoms with Crippen molar-refractivity contribution >= 4 is 53.8 Å². The average Bonchev–Trinajstić information content (AvgIpc) is 3.27. The third kappa shape index (κ3) is 9.71. The molecule has 11 nitrogen and oxygen atoms in total. The third-order valence-electron chi connectivity index (χ3n) is 7.49. The fraction of sp³-hybridized carbons (Fsp3) is 0.655. The molecule has 0 radical (unpaired) electrons. The van der Waals surface area contributed by atoms with Crippen LogP contribution in [0, 0.1) is 0 Å². The van der Waals surface area contributed by atoms with E-state index in [2.05, 4.69) is 56.8 Å². The second-order valence-corrected chi connectivity index (χ2v) is 20.0. The quantitative estimate of drug-likeness (QED) is 0.0973. The molecule has 2 saturated heterocycles. The van der Waals surface area contributed by atoms with Crippen molar-refractivity contribution in [2.24, 2.45) is 0 Å². The molecule has 6 unspecified atom stereocenters. The summed E-state index contributed by atoms with van der Waals surface area (Å²) in [5.74, 6) is 0.689. The van der Waals surface area contributed by atoms with E-state index in [1.54, 1.807) is 18.5 Å². The van der Waals surface area contributed by atoms with Gasteiger partial charge in [-0.3, -0.25) is 14.5 Å². The fourth-order valence-electron chi connectivity index (χ4n) is 5.32. The Hall–Kier alpha value is -1.59. The van der Waals surface area contributed by atoms with Crippen LogP contribution in [0.3, 0.4) is 0 Å². The maximum atomic E-state index is 13.0. The van der Waals surface area contributed by atoms with Crippen LogP contribution in [0.2, 0.25) is 11.1 Å². The molecule has 6 atom stereocenters. The molecule has 1 N–H and O–H groups in total. The minimum atomic E-state index is -2.79. The van der Waals surface area contributed by atoms with Crippen LogP contribution in [0.15, 0.2) is 46.5 Å². The number of hydrogen-bond donors (Lipinski definition) is 1. The summed E-state index contributed by atoms with van der Waals surface area (Å²) in [5, 5.41) is 4.55. The molecule has 0 aliphatic carbocycles. The minimum Gasteiger partial charge on any atom is -0.448 e. The monoisotopic (exact) mass is 684 g/mol. The van der Waals surface area contributed by atoms with Crippen LogP contribution in [0.1, 0.15) is 67.0 Å². The lowest BCUT2D eigenvalue weighted by atomic mass is 10.2. The second-order valence-electron chi connectivity index (χ2n) is 11.6. The molecule has 2 aliphatic heterocycles. The van der Waals surface area contributed by atoms with Crippen molar-refractivity contribution in [2.45, 2.75) is 106 Å². The van der Waals surface area contributed by atoms with E-state index in [9.17, 15) is 9.59 Å². The summed E-state index contributed by atoms with van der Waals surface area (Å²) in [6.45, 7) is 13.6. The molecule has 0 aromatic carbocycles. The molecule has 0 bridgehead atoms. The number of carbonyl (C=O) groups is 1. The van der Waals surface area contributed by atoms with E-state index in [4.69, 9.17) is 23.4 Å². The van der Waals surface area contributed by atoms with Crippen molar-refractivity contribution in [3.63, 3.8) is 0 Å². The molecule has 4 rings (SSSR count). The largest absolute Gasteiger partial charge is 0.448 e. The Morgan fingerprint density at radius 3 is 2.68 bits per heavy atom. The third-order valence-corrected chi connectivity index (χ3v) is 15.3. The molecule has 44 heavy (non-hydrogen) atoms. The number of anilines is 1. The van der Waals surface area contributed by atoms with Crippen molar-refractivity contribution in [1.29, 1.82) is 0 Å². The number of fused-ring (bicyclic) bond motifs is 1. The predicted molar refractivity (Wildman–Crippen MR) is 178 cm³/mol. The SMILES string of the molecule is CC(C)SC(C)CCC(C)[Si]1(C(C)C)OOCC2OC(n3ccc(NC(=O)OCCSSc4ccccn4)nc3=O)CC2O1. The van der Waals surface area contributed by atoms with Gasteiger partial charge in [0.25, 0.3) is 0 Å². The summed E-state index contributed by atoms with van der Waals surface area (Å²) >= 11 is 1.99. The minimum absolute atomic E-state index is 0.108. The van der Waals surface area contributed by atoms with Gasteiger partial charge >= 0.3 is 20.3 Å². The summed E-state index contributed by atoms with van der Waals surface area (Å²) in [7, 11) is 0.248. The molecule has 0 saturated carbocycles. The molecule has 244 valence electrons. The number of amides is 1. The number of pyridine rings is 1. The van der Waals surface area contributed by atoms with Crippen LogP contribution in [-0.4, -0.2) is 70.9 Å². The summed E-state index contributed by atoms with van der Waals surface area (Å²) in [6, 6.07) is 7.24. The second kappa shape index (κ2) is 16.8. The van der Waals surface area contributed by atoms with Crippen LogP contribution < -0.4 is 11.0 Å². The van der Waals surface area contributed by atoms with E-state index in [1.165, 1.54) is 26.2 Å². The van der Waals surface area contributed by atoms with E-state index in [1.807, 2.05) is 30.0 Å². The molecule has 15 heteroatoms. The highest BCUT2D eigenvalue weighted by Crippen LogP contribution is 2.44. The molecule has 2 aromatic heterocycles. The van der Waals surface area contributed by atoms with Crippen molar-refractivity contribution < 1.29 is 28.2 Å². The summed E-state index contributed by atoms with van der Waals surface area (Å²) < 4.78 is 25.9. The summed E-state index contributed by atoms with van der Waals surface area (Å²) in [4.78, 5) is 39.2. The van der Waals surface area contributed by atoms with Gasteiger partial charge in [-0.25, -0.2) is 19.5 Å². The van der Waals surface area contributed by atoms with Crippen LogP contribution in [0.4, 0.5) is 10.6 Å². The van der Waals surface area contributed by atoms with Gasteiger partial charge in [0.05, 0.1) is 6.10 Å². The fourth-order valence-corrected chi connectivity index (χ4v) is 11.8. The average molecular weight is 685 g/mol. The number of aromatic nitrogens is 3. The van der Waals surface area contributed by atoms with Crippen molar-refractivity contribution in [3.05, 3.63) is 47.1 Å². The summed E-state index contributed by atoms with van der Waals surface area (Å²) in [6.07, 6.45) is 3.94. The Balaban J connectivity index is 1.30. The number of thioether (sulfide) groups is 1. The summed E-state index contributed by atoms with van der Waals surface area (Å²) in [5.41, 5.74) is -0.166. The first-order chi connectivity index (χ1) is 21.1. The lowest BCUT2D eigenvalue weighted by Crippen LogP contribution is -2.50. The molecular weight excluding hydrogens is 641 g/mol. The van der Waals surface area contributed by atoms with Gasteiger partial charge in [-0.15, -0.1) is 0 Å². The molecule has 2 aromatic rings. The Morgan fingerprint density at radius 2 is 1.98 bits per heavy atom. The van der Waals surface area contributed by atoms with Gasteiger partial charge in [0.15, 0.2) is 0 Å². The first-order valence-electron chi connectivity index (χ1n) is 15.1. The maximum Gasteiger partial charge on any atom is 0.412 e. The normalized spacial score (nSPS) is 25.0. The van der Waals surface area contributed by atoms with Gasteiger partial charge in [-0.1, -0.05) is 58.4 Å². The van der Waals surface area contributed by atoms with E-state index in [0.29, 0.717) is 22.7 Å². The number of ether oxygens (including phenoxy) is 2. The van der Waals surface area contributed by atoms with Gasteiger partial charge in [-0.05, 0) is 52.6 Å². The highest BCUT2D eigenvalue weighted by molar-refractivity contribution is 8.76. The van der Waals surface area contributed by atoms with Crippen molar-refractivity contribution in [2.75, 3.05) is 24.3 Å². The lowest BCUT2D eigenvalue weighted by molar-refractivity contribution is -0.241. The van der Waals surface area contributed by atoms with E-state index < -0.39 is 26.6 Å². The number of carbonyl (C=O) groups excluding carboxylic acids is 1.